The Kier molecular flexibility index (Phi) is 6.06. The second-order valence-electron chi connectivity index (χ2n) is 4.58. The van der Waals surface area contributed by atoms with E-state index in [-0.39, 0.29) is 6.61 Å². The van der Waals surface area contributed by atoms with Gasteiger partial charge in [-0.05, 0) is 52.3 Å². The lowest BCUT2D eigenvalue weighted by atomic mass is 10.2. The zero-order chi connectivity index (χ0) is 16.8. The number of para-hydroxylation sites is 1. The van der Waals surface area contributed by atoms with Crippen molar-refractivity contribution in [3.8, 4) is 0 Å². The molecule has 23 heavy (non-hydrogen) atoms. The molecule has 2 aromatic carbocycles. The third-order valence-electron chi connectivity index (χ3n) is 2.90. The van der Waals surface area contributed by atoms with Crippen LogP contribution in [0, 0.1) is 0 Å². The van der Waals surface area contributed by atoms with Crippen molar-refractivity contribution in [1.29, 1.82) is 0 Å². The molecule has 7 heteroatoms. The maximum atomic E-state index is 11.9. The molecule has 1 amide bonds. The van der Waals surface area contributed by atoms with Gasteiger partial charge in [0, 0.05) is 26.4 Å². The Morgan fingerprint density at radius 3 is 2.39 bits per heavy atom. The van der Waals surface area contributed by atoms with E-state index in [0.29, 0.717) is 16.1 Å². The van der Waals surface area contributed by atoms with Gasteiger partial charge in [0.2, 0.25) is 0 Å². The fraction of sp³-hybridized carbons (Fsp3) is 0.125. The highest BCUT2D eigenvalue weighted by molar-refractivity contribution is 9.10. The van der Waals surface area contributed by atoms with E-state index in [4.69, 9.17) is 4.74 Å². The minimum atomic E-state index is -1.11. The summed E-state index contributed by atoms with van der Waals surface area (Å²) in [6, 6.07) is 13.4. The fourth-order valence-electron chi connectivity index (χ4n) is 1.75. The molecule has 0 radical (unpaired) electrons. The molecule has 5 nitrogen and oxygen atoms in total. The molecule has 0 heterocycles. The lowest BCUT2D eigenvalue weighted by Crippen LogP contribution is -2.21. The van der Waals surface area contributed by atoms with E-state index in [9.17, 15) is 13.8 Å². The SMILES string of the molecule is CS(=O)c1ccc(C(=O)OCC(=O)Nc2ccccc2Br)cc1. The Balaban J connectivity index is 1.90. The van der Waals surface area contributed by atoms with Gasteiger partial charge in [0.05, 0.1) is 11.3 Å². The van der Waals surface area contributed by atoms with Crippen molar-refractivity contribution in [2.75, 3.05) is 18.2 Å². The maximum absolute atomic E-state index is 11.9. The van der Waals surface area contributed by atoms with Gasteiger partial charge in [-0.1, -0.05) is 12.1 Å². The molecule has 0 aromatic heterocycles. The van der Waals surface area contributed by atoms with Gasteiger partial charge < -0.3 is 10.1 Å². The molecule has 0 fully saturated rings. The Labute approximate surface area is 144 Å². The summed E-state index contributed by atoms with van der Waals surface area (Å²) in [4.78, 5) is 24.3. The number of carbonyl (C=O) groups is 2. The van der Waals surface area contributed by atoms with Crippen LogP contribution in [0.3, 0.4) is 0 Å². The molecule has 0 saturated carbocycles. The van der Waals surface area contributed by atoms with Crippen molar-refractivity contribution in [2.24, 2.45) is 0 Å². The quantitative estimate of drug-likeness (QED) is 0.789. The molecule has 0 spiro atoms. The minimum Gasteiger partial charge on any atom is -0.452 e. The lowest BCUT2D eigenvalue weighted by molar-refractivity contribution is -0.119. The molecule has 0 aliphatic carbocycles. The summed E-state index contributed by atoms with van der Waals surface area (Å²) in [7, 11) is -1.11. The Hall–Kier alpha value is -1.99. The van der Waals surface area contributed by atoms with Gasteiger partial charge in [-0.25, -0.2) is 4.79 Å². The van der Waals surface area contributed by atoms with E-state index in [1.807, 2.05) is 6.07 Å². The van der Waals surface area contributed by atoms with Crippen molar-refractivity contribution >= 4 is 44.3 Å². The van der Waals surface area contributed by atoms with Crippen molar-refractivity contribution in [3.63, 3.8) is 0 Å². The number of halogens is 1. The number of nitrogens with one attached hydrogen (secondary N) is 1. The molecule has 120 valence electrons. The number of rotatable bonds is 5. The number of anilines is 1. The Morgan fingerprint density at radius 1 is 1.13 bits per heavy atom. The summed E-state index contributed by atoms with van der Waals surface area (Å²) < 4.78 is 17.0. The van der Waals surface area contributed by atoms with Crippen LogP contribution in [-0.4, -0.2) is 28.9 Å². The molecule has 2 rings (SSSR count). The third kappa shape index (κ3) is 5.01. The highest BCUT2D eigenvalue weighted by Crippen LogP contribution is 2.20. The molecule has 0 saturated heterocycles. The Bertz CT molecular complexity index is 746. The van der Waals surface area contributed by atoms with Crippen LogP contribution >= 0.6 is 15.9 Å². The minimum absolute atomic E-state index is 0.299. The lowest BCUT2D eigenvalue weighted by Gasteiger charge is -2.08. The first kappa shape index (κ1) is 17.4. The van der Waals surface area contributed by atoms with E-state index in [1.165, 1.54) is 12.1 Å². The van der Waals surface area contributed by atoms with E-state index in [0.717, 1.165) is 4.47 Å². The molecule has 0 aliphatic rings. The number of carbonyl (C=O) groups excluding carboxylic acids is 2. The molecular formula is C16H14BrNO4S. The summed E-state index contributed by atoms with van der Waals surface area (Å²) in [5, 5.41) is 2.64. The predicted octanol–water partition coefficient (Wildman–Crippen LogP) is 2.98. The van der Waals surface area contributed by atoms with Crippen molar-refractivity contribution in [2.45, 2.75) is 4.90 Å². The van der Waals surface area contributed by atoms with Crippen LogP contribution in [0.25, 0.3) is 0 Å². The molecular weight excluding hydrogens is 382 g/mol. The van der Waals surface area contributed by atoms with Gasteiger partial charge in [-0.3, -0.25) is 9.00 Å². The number of ether oxygens (including phenoxy) is 1. The summed E-state index contributed by atoms with van der Waals surface area (Å²) in [5.74, 6) is -1.04. The van der Waals surface area contributed by atoms with Gasteiger partial charge in [-0.15, -0.1) is 0 Å². The first-order valence-electron chi connectivity index (χ1n) is 6.62. The second-order valence-corrected chi connectivity index (χ2v) is 6.82. The van der Waals surface area contributed by atoms with Crippen molar-refractivity contribution < 1.29 is 18.5 Å². The molecule has 2 aromatic rings. The molecule has 1 unspecified atom stereocenters. The van der Waals surface area contributed by atoms with Crippen LogP contribution in [0.1, 0.15) is 10.4 Å². The number of hydrogen-bond donors (Lipinski definition) is 1. The van der Waals surface area contributed by atoms with Gasteiger partial charge in [0.25, 0.3) is 5.91 Å². The van der Waals surface area contributed by atoms with Gasteiger partial charge in [0.15, 0.2) is 6.61 Å². The van der Waals surface area contributed by atoms with Crippen molar-refractivity contribution in [1.82, 2.24) is 0 Å². The van der Waals surface area contributed by atoms with E-state index >= 15 is 0 Å². The van der Waals surface area contributed by atoms with Crippen LogP contribution in [0.4, 0.5) is 5.69 Å². The average molecular weight is 396 g/mol. The van der Waals surface area contributed by atoms with Crippen LogP contribution in [-0.2, 0) is 20.3 Å². The van der Waals surface area contributed by atoms with Crippen LogP contribution in [0.2, 0.25) is 0 Å². The average Bonchev–Trinajstić information content (AvgIpc) is 2.55. The molecule has 0 aliphatic heterocycles. The Morgan fingerprint density at radius 2 is 1.78 bits per heavy atom. The van der Waals surface area contributed by atoms with Gasteiger partial charge >= 0.3 is 5.97 Å². The number of hydrogen-bond acceptors (Lipinski definition) is 4. The van der Waals surface area contributed by atoms with Crippen LogP contribution in [0.15, 0.2) is 57.9 Å². The topological polar surface area (TPSA) is 72.5 Å². The second kappa shape index (κ2) is 8.03. The normalized spacial score (nSPS) is 11.6. The molecule has 0 bridgehead atoms. The number of benzene rings is 2. The third-order valence-corrected chi connectivity index (χ3v) is 4.53. The summed E-state index contributed by atoms with van der Waals surface area (Å²) >= 11 is 3.31. The smallest absolute Gasteiger partial charge is 0.338 e. The summed E-state index contributed by atoms with van der Waals surface area (Å²) in [6.45, 7) is -0.387. The summed E-state index contributed by atoms with van der Waals surface area (Å²) in [6.07, 6.45) is 1.55. The highest BCUT2D eigenvalue weighted by Gasteiger charge is 2.11. The zero-order valence-electron chi connectivity index (χ0n) is 12.2. The fourth-order valence-corrected chi connectivity index (χ4v) is 2.65. The molecule has 1 atom stereocenters. The monoisotopic (exact) mass is 395 g/mol. The first-order valence-corrected chi connectivity index (χ1v) is 8.97. The zero-order valence-corrected chi connectivity index (χ0v) is 14.6. The number of amides is 1. The highest BCUT2D eigenvalue weighted by atomic mass is 79.9. The van der Waals surface area contributed by atoms with E-state index in [1.54, 1.807) is 36.6 Å². The molecule has 1 N–H and O–H groups in total. The summed E-state index contributed by atoms with van der Waals surface area (Å²) in [5.41, 5.74) is 0.899. The predicted molar refractivity (Wildman–Crippen MR) is 91.8 cm³/mol. The van der Waals surface area contributed by atoms with E-state index in [2.05, 4.69) is 21.2 Å². The van der Waals surface area contributed by atoms with Crippen LogP contribution < -0.4 is 5.32 Å². The van der Waals surface area contributed by atoms with Crippen LogP contribution in [0.5, 0.6) is 0 Å². The van der Waals surface area contributed by atoms with Crippen molar-refractivity contribution in [3.05, 3.63) is 58.6 Å². The standard InChI is InChI=1S/C16H14BrNO4S/c1-23(21)12-8-6-11(7-9-12)16(20)22-10-15(19)18-14-5-3-2-4-13(14)17/h2-9H,10H2,1H3,(H,18,19). The maximum Gasteiger partial charge on any atom is 0.338 e. The number of esters is 1. The first-order chi connectivity index (χ1) is 11.0. The van der Waals surface area contributed by atoms with Gasteiger partial charge in [-0.2, -0.15) is 0 Å². The van der Waals surface area contributed by atoms with Gasteiger partial charge in [0.1, 0.15) is 0 Å². The van der Waals surface area contributed by atoms with E-state index < -0.39 is 22.7 Å². The largest absolute Gasteiger partial charge is 0.452 e.